The molecule has 0 bridgehead atoms. The van der Waals surface area contributed by atoms with E-state index < -0.39 is 16.8 Å². The topological polar surface area (TPSA) is 235 Å². The molecule has 82 heavy (non-hydrogen) atoms. The van der Waals surface area contributed by atoms with E-state index in [2.05, 4.69) is 110 Å². The van der Waals surface area contributed by atoms with E-state index in [0.717, 1.165) is 108 Å². The quantitative estimate of drug-likeness (QED) is 0.0351. The average Bonchev–Trinajstić information content (AvgIpc) is 2.22. The molecule has 0 aromatic heterocycles. The molecule has 0 saturated heterocycles. The molecule has 10 aliphatic carbocycles. The second kappa shape index (κ2) is 25.9. The van der Waals surface area contributed by atoms with Crippen molar-refractivity contribution >= 4 is 29.8 Å². The number of oxime groups is 2. The van der Waals surface area contributed by atoms with Gasteiger partial charge in [0, 0.05) is 31.8 Å². The van der Waals surface area contributed by atoms with Gasteiger partial charge in [0.15, 0.2) is 0 Å². The van der Waals surface area contributed by atoms with E-state index in [1.54, 1.807) is 0 Å². The summed E-state index contributed by atoms with van der Waals surface area (Å²) in [5, 5.41) is 64.7. The summed E-state index contributed by atoms with van der Waals surface area (Å²) in [5.74, 6) is 4.00. The van der Waals surface area contributed by atoms with Crippen LogP contribution >= 0.6 is 0 Å². The minimum Gasteiger partial charge on any atom is -1.00 e. The first kappa shape index (κ1) is 70.7. The van der Waals surface area contributed by atoms with Crippen molar-refractivity contribution in [1.82, 2.24) is 0 Å². The summed E-state index contributed by atoms with van der Waals surface area (Å²) in [5.41, 5.74) is 3.95. The zero-order valence-electron chi connectivity index (χ0n) is 54.3. The van der Waals surface area contributed by atoms with Crippen molar-refractivity contribution in [2.24, 2.45) is 124 Å². The number of carbonyl (C=O) groups is 3. The Hall–Kier alpha value is -2.11. The van der Waals surface area contributed by atoms with Crippen molar-refractivity contribution in [3.8, 4) is 12.1 Å². The number of nitrogens with zero attached hydrogens (tertiary/aromatic N) is 4. The number of ether oxygens (including phenoxy) is 1. The molecule has 14 nitrogen and oxygen atoms in total. The Labute approximate surface area is 538 Å². The van der Waals surface area contributed by atoms with Gasteiger partial charge in [-0.3, -0.25) is 9.59 Å². The van der Waals surface area contributed by atoms with Crippen molar-refractivity contribution in [3.63, 3.8) is 0 Å². The molecule has 10 fully saturated rings. The van der Waals surface area contributed by atoms with Crippen LogP contribution in [-0.2, 0) is 28.8 Å². The van der Waals surface area contributed by atoms with E-state index in [1.807, 2.05) is 0 Å². The Morgan fingerprint density at radius 3 is 1.39 bits per heavy atom. The van der Waals surface area contributed by atoms with E-state index >= 15 is 0 Å². The van der Waals surface area contributed by atoms with Crippen LogP contribution in [0, 0.1) is 136 Å². The minimum atomic E-state index is -0.480. The van der Waals surface area contributed by atoms with Gasteiger partial charge in [-0.25, -0.2) is 4.79 Å². The molecule has 0 spiro atoms. The fourth-order valence-corrected chi connectivity index (χ4v) is 23.0. The van der Waals surface area contributed by atoms with Crippen LogP contribution in [-0.4, -0.2) is 65.6 Å². The Kier molecular flexibility index (Phi) is 22.3. The van der Waals surface area contributed by atoms with Crippen LogP contribution in [0.5, 0.6) is 0 Å². The summed E-state index contributed by atoms with van der Waals surface area (Å²) in [6.45, 7) is 35.8. The first-order valence-corrected chi connectivity index (χ1v) is 30.6. The first-order valence-electron chi connectivity index (χ1n) is 30.6. The van der Waals surface area contributed by atoms with Gasteiger partial charge in [-0.15, -0.1) is 0 Å². The number of nitriles is 2. The maximum atomic E-state index is 12.0. The number of rotatable bonds is 7. The molecule has 0 unspecified atom stereocenters. The summed E-state index contributed by atoms with van der Waals surface area (Å²) >= 11 is 0. The molecular formula is C66H102N4Na2O10. The minimum absolute atomic E-state index is 0. The van der Waals surface area contributed by atoms with E-state index in [-0.39, 0.29) is 135 Å². The molecule has 0 amide bonds. The Morgan fingerprint density at radius 1 is 0.622 bits per heavy atom. The third kappa shape index (κ3) is 10.8. The van der Waals surface area contributed by atoms with Crippen molar-refractivity contribution in [2.75, 3.05) is 20.3 Å². The Bertz CT molecular complexity index is 2560. The largest absolute Gasteiger partial charge is 1.00 e. The fraction of sp³-hybridized carbons (Fsp3) is 0.833. The summed E-state index contributed by atoms with van der Waals surface area (Å²) in [4.78, 5) is 40.0. The van der Waals surface area contributed by atoms with Crippen LogP contribution in [0.4, 0.5) is 0 Å². The third-order valence-electron chi connectivity index (χ3n) is 27.1. The van der Waals surface area contributed by atoms with E-state index in [0.29, 0.717) is 53.3 Å². The zero-order valence-corrected chi connectivity index (χ0v) is 57.3. The van der Waals surface area contributed by atoms with Gasteiger partial charge in [-0.2, -0.15) is 10.5 Å². The first-order chi connectivity index (χ1) is 37.6. The van der Waals surface area contributed by atoms with Crippen LogP contribution < -0.4 is 64.4 Å². The summed E-state index contributed by atoms with van der Waals surface area (Å²) in [6, 6.07) is 5.75. The normalized spacial score (nSPS) is 47.0. The van der Waals surface area contributed by atoms with Crippen molar-refractivity contribution in [1.29, 1.82) is 10.5 Å². The van der Waals surface area contributed by atoms with E-state index in [9.17, 15) is 30.4 Å². The summed E-state index contributed by atoms with van der Waals surface area (Å²) < 4.78 is 5.69. The molecule has 0 aromatic rings. The number of aliphatic hydroxyl groups is 2. The van der Waals surface area contributed by atoms with Crippen LogP contribution in [0.25, 0.3) is 0 Å². The molecule has 0 radical (unpaired) electrons. The van der Waals surface area contributed by atoms with Gasteiger partial charge >= 0.3 is 71.1 Å². The maximum absolute atomic E-state index is 12.0. The summed E-state index contributed by atoms with van der Waals surface area (Å²) in [6.07, 6.45) is 21.4. The zero-order chi connectivity index (χ0) is 59.5. The predicted octanol–water partition coefficient (Wildman–Crippen LogP) is 6.76. The number of fused-ring (bicyclic) bond motifs is 14. The maximum Gasteiger partial charge on any atom is 1.00 e. The Morgan fingerprint density at radius 2 is 1.04 bits per heavy atom. The predicted molar refractivity (Wildman–Crippen MR) is 306 cm³/mol. The number of carbonyl (C=O) groups excluding carboxylic acids is 3. The van der Waals surface area contributed by atoms with Gasteiger partial charge < -0.3 is 36.6 Å². The molecule has 448 valence electrons. The second-order valence-corrected chi connectivity index (χ2v) is 29.5. The van der Waals surface area contributed by atoms with Crippen molar-refractivity contribution in [3.05, 3.63) is 24.3 Å². The molecule has 3 N–H and O–H groups in total. The molecule has 10 saturated carbocycles. The standard InChI is InChI=1S/C34H50N2O4.C30H46N2O2.CH2O3.CH4O.2Na.H/c1-21(2)24-11-16-34(19-35)18-17-32(7)25(29(24)34)9-10-27-30(5)14-13-28(36-40-23(4)38)31(6,20-39-22(3)37)26(30)12-15-33(27,32)8;1-19(2)20-9-14-30(17-31)16-15-28(5)21(25(20)30)7-8-23-26(3)12-11-24(32-34)27(4,18-33)22(26)10-13-29(23,28)6;2-1-4-3;1-2;;;/h24-27,29H,1,9-18,20H2,2-8H3;20-23,25,33-34H,1,7-16,18H2,2-6H3;1,3H;2H,1H3;;;/q;;;;2*+1;-1/p-1/b;32-24-;;;;;/t24-,25+,26+,27+,29+,30-,31+,32+,33+,34+;20-,21+,22+,23+,25+,26-,27+,28+,29+,30+;;;;;/m00...../s1. The molecule has 0 heterocycles. The van der Waals surface area contributed by atoms with E-state index in [4.69, 9.17) is 24.7 Å². The molecule has 20 atom stereocenters. The van der Waals surface area contributed by atoms with Gasteiger partial charge in [-0.05, 0) is 234 Å². The van der Waals surface area contributed by atoms with Gasteiger partial charge in [0.1, 0.15) is 6.61 Å². The monoisotopic (exact) mass is 1160 g/mol. The number of hydrogen-bond donors (Lipinski definition) is 3. The van der Waals surface area contributed by atoms with Crippen LogP contribution in [0.3, 0.4) is 0 Å². The van der Waals surface area contributed by atoms with E-state index in [1.165, 1.54) is 63.5 Å². The van der Waals surface area contributed by atoms with Crippen LogP contribution in [0.2, 0.25) is 0 Å². The van der Waals surface area contributed by atoms with Gasteiger partial charge in [-0.1, -0.05) is 90.0 Å². The van der Waals surface area contributed by atoms with Crippen LogP contribution in [0.1, 0.15) is 213 Å². The molecule has 10 rings (SSSR count). The fourth-order valence-electron chi connectivity index (χ4n) is 23.0. The van der Waals surface area contributed by atoms with Gasteiger partial charge in [0.2, 0.25) is 0 Å². The van der Waals surface area contributed by atoms with Gasteiger partial charge in [0.05, 0.1) is 41.0 Å². The second-order valence-electron chi connectivity index (χ2n) is 29.5. The molecule has 0 aliphatic heterocycles. The van der Waals surface area contributed by atoms with Crippen molar-refractivity contribution < 1.29 is 110 Å². The Balaban J connectivity index is 0.000000318. The molecule has 16 heteroatoms. The average molecular weight is 1160 g/mol. The molecular weight excluding hydrogens is 1050 g/mol. The van der Waals surface area contributed by atoms with Gasteiger partial charge in [0.25, 0.3) is 6.47 Å². The number of esters is 1. The van der Waals surface area contributed by atoms with Crippen LogP contribution in [0.15, 0.2) is 34.6 Å². The molecule has 0 aromatic carbocycles. The number of hydrogen-bond acceptors (Lipinski definition) is 14. The molecule has 10 aliphatic rings. The summed E-state index contributed by atoms with van der Waals surface area (Å²) in [7, 11) is 1.00. The van der Waals surface area contributed by atoms with Crippen molar-refractivity contribution in [2.45, 2.75) is 212 Å². The SMILES string of the molecule is C=C(C)[C@@H]1CC[C@]2(C#N)CC[C@]3(C)[C@H](CC[C@@H]4[C@@]5(C)CC/C(=N/O)[C@](C)(CO)[C@@H]5CC[C@]43C)[C@@H]12.C=C(C)[C@@H]1CC[C@]2(C#N)CC[C@]3(C)[C@H](CC[C@@H]4[C@@]5(C)CCC(=NOC(C)=O)[C@](C)(COC(C)=O)[C@@H]5CC[C@]43C)[C@@H]12.CO.O=CO[O-].[H-].[Na+].[Na+]. The number of aliphatic hydroxyl groups excluding tert-OH is 2. The number of allylic oxidation sites excluding steroid dienone is 2. The smallest absolute Gasteiger partial charge is 1.00 e. The third-order valence-corrected chi connectivity index (χ3v) is 27.1.